The van der Waals surface area contributed by atoms with E-state index in [1.165, 1.54) is 24.3 Å². The first-order valence-electron chi connectivity index (χ1n) is 19.3. The molecule has 1 spiro atoms. The number of piperidine rings is 3. The van der Waals surface area contributed by atoms with Gasteiger partial charge in [-0.05, 0) is 113 Å². The van der Waals surface area contributed by atoms with E-state index in [-0.39, 0.29) is 48.0 Å². The highest BCUT2D eigenvalue weighted by Crippen LogP contribution is 2.34. The second kappa shape index (κ2) is 15.7. The minimum absolute atomic E-state index is 0.0357. The predicted octanol–water partition coefficient (Wildman–Crippen LogP) is 2.79. The van der Waals surface area contributed by atoms with Crippen molar-refractivity contribution in [3.05, 3.63) is 35.6 Å². The number of amides is 4. The summed E-state index contributed by atoms with van der Waals surface area (Å²) in [4.78, 5) is 63.5. The number of fused-ring (bicyclic) bond motifs is 8. The average Bonchev–Trinajstić information content (AvgIpc) is 3.63. The highest BCUT2D eigenvalue weighted by molar-refractivity contribution is 5.94. The number of hydrogen-bond acceptors (Lipinski definition) is 7. The molecule has 1 aromatic rings. The van der Waals surface area contributed by atoms with Gasteiger partial charge in [-0.15, -0.1) is 0 Å². The monoisotopic (exact) mass is 694 g/mol. The van der Waals surface area contributed by atoms with Crippen LogP contribution in [0, 0.1) is 17.7 Å². The lowest BCUT2D eigenvalue weighted by Crippen LogP contribution is -2.61. The second-order valence-electron chi connectivity index (χ2n) is 15.7. The lowest BCUT2D eigenvalue weighted by molar-refractivity contribution is -0.137. The standard InChI is InChI=1S/C38H55FN6O5/c39-30-5-3-27(4-6-30)37(49)43-20-13-38(14-21-43)25-34(46)40-15-7-29-26-44(31-11-22-50-23-12-31)17-8-28(29)24-35(47)42-18-9-32(10-19-42)45-16-1-2-33(45)36(48)41-38/h3-6,28-29,31-33H,1-2,7-26H2,(H,40,46)(H,41,48)/t28-,29-,33-/m0/s1. The molecule has 274 valence electrons. The molecule has 0 radical (unpaired) electrons. The Morgan fingerprint density at radius 3 is 2.30 bits per heavy atom. The van der Waals surface area contributed by atoms with Gasteiger partial charge in [0.05, 0.1) is 11.6 Å². The Morgan fingerprint density at radius 1 is 0.820 bits per heavy atom. The number of carbonyl (C=O) groups is 4. The Bertz CT molecular complexity index is 1370. The lowest BCUT2D eigenvalue weighted by Gasteiger charge is -2.45. The molecule has 0 aromatic heterocycles. The van der Waals surface area contributed by atoms with Crippen LogP contribution in [-0.4, -0.2) is 132 Å². The van der Waals surface area contributed by atoms with E-state index in [1.54, 1.807) is 4.90 Å². The van der Waals surface area contributed by atoms with Gasteiger partial charge in [-0.25, -0.2) is 4.39 Å². The first kappa shape index (κ1) is 35.3. The maximum atomic E-state index is 14.1. The molecule has 0 saturated carbocycles. The van der Waals surface area contributed by atoms with Crippen LogP contribution < -0.4 is 10.6 Å². The number of ether oxygens (including phenoxy) is 1. The Kier molecular flexibility index (Phi) is 11.1. The molecule has 11 nitrogen and oxygen atoms in total. The van der Waals surface area contributed by atoms with Gasteiger partial charge in [-0.3, -0.25) is 29.0 Å². The SMILES string of the molecule is O=C1CC2(CCN(C(=O)c3ccc(F)cc3)CC2)NC(=O)[C@@H]2CCCN2C2CCN(CC2)C(=O)C[C@@H]2CCN(C3CCOCC3)C[C@@H]2CCN1. The highest BCUT2D eigenvalue weighted by atomic mass is 19.1. The van der Waals surface area contributed by atoms with E-state index in [4.69, 9.17) is 4.74 Å². The number of rotatable bonds is 2. The Hall–Kier alpha value is -3.09. The quantitative estimate of drug-likeness (QED) is 0.490. The average molecular weight is 695 g/mol. The van der Waals surface area contributed by atoms with Crippen LogP contribution in [0.15, 0.2) is 24.3 Å². The second-order valence-corrected chi connectivity index (χ2v) is 15.7. The third-order valence-corrected chi connectivity index (χ3v) is 12.8. The predicted molar refractivity (Wildman–Crippen MR) is 186 cm³/mol. The molecule has 7 fully saturated rings. The van der Waals surface area contributed by atoms with Crippen molar-refractivity contribution >= 4 is 23.6 Å². The fourth-order valence-electron chi connectivity index (χ4n) is 9.76. The van der Waals surface area contributed by atoms with Crippen LogP contribution in [0.5, 0.6) is 0 Å². The fraction of sp³-hybridized carbons (Fsp3) is 0.737. The number of carbonyl (C=O) groups excluding carboxylic acids is 4. The Balaban J connectivity index is 1.08. The third-order valence-electron chi connectivity index (χ3n) is 12.8. The normalized spacial score (nSPS) is 29.9. The minimum Gasteiger partial charge on any atom is -0.381 e. The zero-order valence-electron chi connectivity index (χ0n) is 29.5. The number of nitrogens with one attached hydrogen (secondary N) is 2. The molecular formula is C38H55FN6O5. The Morgan fingerprint density at radius 2 is 1.56 bits per heavy atom. The van der Waals surface area contributed by atoms with Crippen LogP contribution in [-0.2, 0) is 19.1 Å². The summed E-state index contributed by atoms with van der Waals surface area (Å²) >= 11 is 0. The molecule has 7 aliphatic rings. The highest BCUT2D eigenvalue weighted by Gasteiger charge is 2.44. The van der Waals surface area contributed by atoms with Gasteiger partial charge in [0.25, 0.3) is 5.91 Å². The van der Waals surface area contributed by atoms with Crippen molar-refractivity contribution in [2.45, 2.75) is 101 Å². The summed E-state index contributed by atoms with van der Waals surface area (Å²) in [6.45, 7) is 7.20. The van der Waals surface area contributed by atoms with E-state index in [0.29, 0.717) is 62.3 Å². The summed E-state index contributed by atoms with van der Waals surface area (Å²) in [6.07, 6.45) is 9.01. The number of likely N-dealkylation sites (tertiary alicyclic amines) is 2. The van der Waals surface area contributed by atoms with Crippen LogP contribution in [0.4, 0.5) is 4.39 Å². The summed E-state index contributed by atoms with van der Waals surface area (Å²) in [7, 11) is 0. The Labute approximate surface area is 295 Å². The molecular weight excluding hydrogens is 639 g/mol. The van der Waals surface area contributed by atoms with Crippen molar-refractivity contribution in [2.24, 2.45) is 11.8 Å². The maximum Gasteiger partial charge on any atom is 0.253 e. The van der Waals surface area contributed by atoms with Crippen LogP contribution in [0.2, 0.25) is 0 Å². The molecule has 8 rings (SSSR count). The molecule has 7 aliphatic heterocycles. The molecule has 12 heteroatoms. The lowest BCUT2D eigenvalue weighted by atomic mass is 9.79. The van der Waals surface area contributed by atoms with Crippen molar-refractivity contribution in [2.75, 3.05) is 65.6 Å². The molecule has 2 bridgehead atoms. The summed E-state index contributed by atoms with van der Waals surface area (Å²) in [5, 5.41) is 6.59. The minimum atomic E-state index is -0.760. The summed E-state index contributed by atoms with van der Waals surface area (Å²) < 4.78 is 19.2. The van der Waals surface area contributed by atoms with Crippen LogP contribution in [0.1, 0.15) is 87.4 Å². The fourth-order valence-corrected chi connectivity index (χ4v) is 9.76. The number of halogens is 1. The topological polar surface area (TPSA) is 115 Å². The summed E-state index contributed by atoms with van der Waals surface area (Å²) in [5.41, 5.74) is -0.330. The van der Waals surface area contributed by atoms with E-state index in [1.807, 2.05) is 0 Å². The zero-order valence-corrected chi connectivity index (χ0v) is 29.5. The van der Waals surface area contributed by atoms with Crippen LogP contribution >= 0.6 is 0 Å². The van der Waals surface area contributed by atoms with Gasteiger partial charge in [0.2, 0.25) is 17.7 Å². The molecule has 1 aromatic carbocycles. The van der Waals surface area contributed by atoms with Gasteiger partial charge in [-0.2, -0.15) is 0 Å². The molecule has 0 unspecified atom stereocenters. The molecule has 2 N–H and O–H groups in total. The maximum absolute atomic E-state index is 14.1. The van der Waals surface area contributed by atoms with E-state index >= 15 is 0 Å². The van der Waals surface area contributed by atoms with Crippen LogP contribution in [0.25, 0.3) is 0 Å². The zero-order chi connectivity index (χ0) is 34.7. The van der Waals surface area contributed by atoms with Gasteiger partial charge >= 0.3 is 0 Å². The van der Waals surface area contributed by atoms with E-state index < -0.39 is 5.54 Å². The molecule has 4 amide bonds. The van der Waals surface area contributed by atoms with Crippen LogP contribution in [0.3, 0.4) is 0 Å². The molecule has 50 heavy (non-hydrogen) atoms. The first-order valence-corrected chi connectivity index (χ1v) is 19.3. The van der Waals surface area contributed by atoms with E-state index in [0.717, 1.165) is 97.3 Å². The van der Waals surface area contributed by atoms with Crippen molar-refractivity contribution in [3.8, 4) is 0 Å². The summed E-state index contributed by atoms with van der Waals surface area (Å²) in [5.74, 6) is 0.176. The van der Waals surface area contributed by atoms with Crippen molar-refractivity contribution < 1.29 is 28.3 Å². The van der Waals surface area contributed by atoms with Gasteiger partial charge in [-0.1, -0.05) is 0 Å². The van der Waals surface area contributed by atoms with Crippen molar-refractivity contribution in [1.29, 1.82) is 0 Å². The number of benzene rings is 1. The molecule has 7 heterocycles. The number of hydrogen-bond donors (Lipinski definition) is 2. The van der Waals surface area contributed by atoms with Gasteiger partial charge < -0.3 is 25.2 Å². The smallest absolute Gasteiger partial charge is 0.253 e. The largest absolute Gasteiger partial charge is 0.381 e. The van der Waals surface area contributed by atoms with Gasteiger partial charge in [0.1, 0.15) is 5.82 Å². The first-order chi connectivity index (χ1) is 24.3. The summed E-state index contributed by atoms with van der Waals surface area (Å²) in [6, 6.07) is 6.10. The van der Waals surface area contributed by atoms with Crippen molar-refractivity contribution in [3.63, 3.8) is 0 Å². The third kappa shape index (κ3) is 8.02. The number of nitrogens with zero attached hydrogens (tertiary/aromatic N) is 4. The van der Waals surface area contributed by atoms with E-state index in [9.17, 15) is 23.6 Å². The molecule has 3 atom stereocenters. The van der Waals surface area contributed by atoms with Gasteiger partial charge in [0.15, 0.2) is 0 Å². The molecule has 0 aliphatic carbocycles. The van der Waals surface area contributed by atoms with Gasteiger partial charge in [0, 0.05) is 83.0 Å². The van der Waals surface area contributed by atoms with Crippen molar-refractivity contribution in [1.82, 2.24) is 30.2 Å². The molecule has 7 saturated heterocycles. The van der Waals surface area contributed by atoms with E-state index in [2.05, 4.69) is 25.3 Å².